The van der Waals surface area contributed by atoms with Crippen molar-refractivity contribution in [2.24, 2.45) is 0 Å². The van der Waals surface area contributed by atoms with Gasteiger partial charge in [-0.25, -0.2) is 0 Å². The molecule has 0 spiro atoms. The monoisotopic (exact) mass is 146 g/mol. The first-order chi connectivity index (χ1) is 4.00. The van der Waals surface area contributed by atoms with E-state index in [0.717, 1.165) is 26.3 Å². The van der Waals surface area contributed by atoms with Gasteiger partial charge < -0.3 is 10.1 Å². The van der Waals surface area contributed by atoms with Crippen LogP contribution in [-0.4, -0.2) is 46.9 Å². The fourth-order valence-corrected chi connectivity index (χ4v) is 0.516. The molecule has 1 aliphatic heterocycles. The van der Waals surface area contributed by atoms with E-state index in [1.54, 1.807) is 0 Å². The van der Waals surface area contributed by atoms with Crippen LogP contribution in [-0.2, 0) is 4.74 Å². The first kappa shape index (κ1) is 8.98. The summed E-state index contributed by atoms with van der Waals surface area (Å²) in [6.45, 7) is 3.83. The standard InChI is InChI=1S/C4H9NO.ClH.Mg/c1-3-6-4-2-5-1;;/h5H,1-4H2;1H;/q;;+3/p-1. The summed E-state index contributed by atoms with van der Waals surface area (Å²) in [6, 6.07) is 0. The summed E-state index contributed by atoms with van der Waals surface area (Å²) >= 11 is 1.33. The van der Waals surface area contributed by atoms with Crippen molar-refractivity contribution in [3.05, 3.63) is 0 Å². The Labute approximate surface area is 66.1 Å². The van der Waals surface area contributed by atoms with Crippen LogP contribution in [0, 0.1) is 0 Å². The predicted octanol–water partition coefficient (Wildman–Crippen LogP) is -0.0851. The summed E-state index contributed by atoms with van der Waals surface area (Å²) in [5, 5.41) is 3.16. The summed E-state index contributed by atoms with van der Waals surface area (Å²) in [7, 11) is 4.67. The van der Waals surface area contributed by atoms with E-state index < -0.39 is 0 Å². The predicted molar refractivity (Wildman–Crippen MR) is 35.3 cm³/mol. The van der Waals surface area contributed by atoms with Crippen LogP contribution in [0.4, 0.5) is 0 Å². The first-order valence-corrected chi connectivity index (χ1v) is 4.69. The topological polar surface area (TPSA) is 21.3 Å². The molecule has 0 aliphatic carbocycles. The Morgan fingerprint density at radius 3 is 1.88 bits per heavy atom. The van der Waals surface area contributed by atoms with E-state index in [0.29, 0.717) is 0 Å². The van der Waals surface area contributed by atoms with Crippen molar-refractivity contribution in [1.82, 2.24) is 5.32 Å². The zero-order valence-electron chi connectivity index (χ0n) is 4.82. The maximum atomic E-state index is 5.01. The number of halogens is 1. The van der Waals surface area contributed by atoms with Crippen molar-refractivity contribution in [3.8, 4) is 0 Å². The maximum Gasteiger partial charge on any atom is 1.59 e. The van der Waals surface area contributed by atoms with E-state index in [-0.39, 0.29) is 0 Å². The van der Waals surface area contributed by atoms with Crippen molar-refractivity contribution in [3.63, 3.8) is 0 Å². The molecule has 0 aromatic carbocycles. The van der Waals surface area contributed by atoms with E-state index in [4.69, 9.17) is 4.74 Å². The maximum absolute atomic E-state index is 5.01. The third kappa shape index (κ3) is 5.12. The molecule has 0 aromatic heterocycles. The minimum atomic E-state index is 0.889. The largest absolute Gasteiger partial charge is 1.59 e. The molecule has 1 aliphatic rings. The fraction of sp³-hybridized carbons (Fsp3) is 1.00. The van der Waals surface area contributed by atoms with E-state index in [9.17, 15) is 0 Å². The van der Waals surface area contributed by atoms with Crippen molar-refractivity contribution < 1.29 is 4.74 Å². The Bertz CT molecular complexity index is 31.5. The van der Waals surface area contributed by atoms with Crippen molar-refractivity contribution >= 4 is 29.7 Å². The average Bonchev–Trinajstić information content (AvgIpc) is 1.96. The number of rotatable bonds is 0. The Morgan fingerprint density at radius 2 is 1.75 bits per heavy atom. The molecule has 0 aromatic rings. The molecule has 1 fully saturated rings. The van der Waals surface area contributed by atoms with E-state index in [1.165, 1.54) is 20.6 Å². The van der Waals surface area contributed by atoms with Gasteiger partial charge in [0.2, 0.25) is 0 Å². The number of morpholine rings is 1. The molecule has 1 saturated heterocycles. The van der Waals surface area contributed by atoms with Gasteiger partial charge in [0.1, 0.15) is 0 Å². The van der Waals surface area contributed by atoms with Gasteiger partial charge >= 0.3 is 29.7 Å². The Kier molecular flexibility index (Phi) is 8.95. The summed E-state index contributed by atoms with van der Waals surface area (Å²) in [6.07, 6.45) is 0. The van der Waals surface area contributed by atoms with E-state index >= 15 is 0 Å². The lowest BCUT2D eigenvalue weighted by Crippen LogP contribution is -2.30. The molecule has 0 amide bonds. The van der Waals surface area contributed by atoms with Crippen LogP contribution in [0.25, 0.3) is 0 Å². The molecular formula is C4H9ClMgNO+2. The highest BCUT2D eigenvalue weighted by Crippen LogP contribution is 1.76. The minimum Gasteiger partial charge on any atom is -0.379 e. The van der Waals surface area contributed by atoms with Crippen LogP contribution < -0.4 is 5.32 Å². The lowest BCUT2D eigenvalue weighted by molar-refractivity contribution is 0.109. The van der Waals surface area contributed by atoms with E-state index in [2.05, 4.69) is 14.4 Å². The van der Waals surface area contributed by atoms with Gasteiger partial charge in [0.05, 0.1) is 13.2 Å². The van der Waals surface area contributed by atoms with Crippen LogP contribution in [0.15, 0.2) is 0 Å². The molecule has 0 unspecified atom stereocenters. The molecule has 43 valence electrons. The summed E-state index contributed by atoms with van der Waals surface area (Å²) in [5.41, 5.74) is 0. The van der Waals surface area contributed by atoms with Gasteiger partial charge in [0.25, 0.3) is 0 Å². The zero-order chi connectivity index (χ0) is 6.24. The molecule has 0 bridgehead atoms. The number of hydrogen-bond acceptors (Lipinski definition) is 2. The first-order valence-electron chi connectivity index (χ1n) is 2.55. The van der Waals surface area contributed by atoms with Crippen LogP contribution in [0.2, 0.25) is 0 Å². The van der Waals surface area contributed by atoms with Crippen LogP contribution in [0.3, 0.4) is 0 Å². The lowest BCUT2D eigenvalue weighted by Gasteiger charge is -2.10. The smallest absolute Gasteiger partial charge is 0.379 e. The normalized spacial score (nSPS) is 18.8. The molecule has 4 heteroatoms. The van der Waals surface area contributed by atoms with Crippen LogP contribution in [0.5, 0.6) is 0 Å². The molecule has 2 nitrogen and oxygen atoms in total. The second kappa shape index (κ2) is 7.98. The highest BCUT2D eigenvalue weighted by Gasteiger charge is 2.16. The molecular weight excluding hydrogens is 138 g/mol. The van der Waals surface area contributed by atoms with Gasteiger partial charge in [-0.1, -0.05) is 0 Å². The van der Waals surface area contributed by atoms with Gasteiger partial charge in [-0.2, -0.15) is 0 Å². The highest BCUT2D eigenvalue weighted by molar-refractivity contribution is 6.80. The van der Waals surface area contributed by atoms with Gasteiger partial charge in [-0.15, -0.1) is 0 Å². The van der Waals surface area contributed by atoms with Gasteiger partial charge in [0.15, 0.2) is 0 Å². The van der Waals surface area contributed by atoms with Crippen molar-refractivity contribution in [1.29, 1.82) is 0 Å². The Morgan fingerprint density at radius 1 is 1.25 bits per heavy atom. The molecule has 0 atom stereocenters. The summed E-state index contributed by atoms with van der Waals surface area (Å²) < 4.78 is 5.01. The fourth-order valence-electron chi connectivity index (χ4n) is 0.516. The Hall–Kier alpha value is 0.976. The molecule has 8 heavy (non-hydrogen) atoms. The number of nitrogens with one attached hydrogen (secondary N) is 1. The summed E-state index contributed by atoms with van der Waals surface area (Å²) in [5.74, 6) is 0. The molecule has 0 saturated carbocycles. The number of ether oxygens (including phenoxy) is 1. The quantitative estimate of drug-likeness (QED) is 0.483. The van der Waals surface area contributed by atoms with Gasteiger partial charge in [-0.3, -0.25) is 0 Å². The molecule has 7 radical (unpaired) electrons. The summed E-state index contributed by atoms with van der Waals surface area (Å²) in [4.78, 5) is 0. The van der Waals surface area contributed by atoms with Crippen molar-refractivity contribution in [2.45, 2.75) is 0 Å². The van der Waals surface area contributed by atoms with E-state index in [1.807, 2.05) is 0 Å². The highest BCUT2D eigenvalue weighted by atomic mass is 35.5. The second-order valence-electron chi connectivity index (χ2n) is 1.36. The Balaban J connectivity index is 0.000000222. The second-order valence-corrected chi connectivity index (χ2v) is 1.36. The molecule has 1 rings (SSSR count). The van der Waals surface area contributed by atoms with Crippen LogP contribution >= 0.6 is 9.07 Å². The lowest BCUT2D eigenvalue weighted by atomic mass is 10.5. The SMILES string of the molecule is C1COCCN1.[Mg+2][Cl]. The van der Waals surface area contributed by atoms with Crippen molar-refractivity contribution in [2.75, 3.05) is 26.3 Å². The van der Waals surface area contributed by atoms with Gasteiger partial charge in [-0.05, 0) is 0 Å². The average molecular weight is 147 g/mol. The molecule has 1 heterocycles. The third-order valence-electron chi connectivity index (χ3n) is 0.846. The van der Waals surface area contributed by atoms with Gasteiger partial charge in [0, 0.05) is 13.1 Å². The number of hydrogen-bond donors (Lipinski definition) is 1. The minimum absolute atomic E-state index is 0.889. The molecule has 1 N–H and O–H groups in total. The van der Waals surface area contributed by atoms with Crippen LogP contribution in [0.1, 0.15) is 0 Å². The third-order valence-corrected chi connectivity index (χ3v) is 0.846. The zero-order valence-corrected chi connectivity index (χ0v) is 6.99.